The van der Waals surface area contributed by atoms with E-state index in [1.165, 1.54) is 17.3 Å². The summed E-state index contributed by atoms with van der Waals surface area (Å²) < 4.78 is 0.0741. The second kappa shape index (κ2) is 8.00. The van der Waals surface area contributed by atoms with E-state index in [0.717, 1.165) is 26.1 Å². The van der Waals surface area contributed by atoms with E-state index in [1.807, 2.05) is 4.90 Å². The van der Waals surface area contributed by atoms with Gasteiger partial charge in [0, 0.05) is 32.4 Å². The fraction of sp³-hybridized carbons (Fsp3) is 0.438. The average Bonchev–Trinajstić information content (AvgIpc) is 2.94. The molecule has 0 aliphatic carbocycles. The summed E-state index contributed by atoms with van der Waals surface area (Å²) in [5.74, 6) is 0.581. The minimum atomic E-state index is 0.0525. The SMILES string of the molecule is C=CC(=O)N1CCC(CN(C)c2cccc(C(I)(I)I)c2)C1. The molecule has 1 saturated heterocycles. The molecule has 2 rings (SSSR count). The number of carbonyl (C=O) groups is 1. The Morgan fingerprint density at radius 1 is 1.50 bits per heavy atom. The number of carbonyl (C=O) groups excluding carboxylic acids is 1. The molecule has 0 aromatic heterocycles. The van der Waals surface area contributed by atoms with Gasteiger partial charge in [-0.3, -0.25) is 4.79 Å². The molecule has 1 heterocycles. The van der Waals surface area contributed by atoms with Gasteiger partial charge in [-0.25, -0.2) is 0 Å². The number of rotatable bonds is 5. The van der Waals surface area contributed by atoms with Crippen LogP contribution in [0.15, 0.2) is 36.9 Å². The highest BCUT2D eigenvalue weighted by atomic mass is 127. The van der Waals surface area contributed by atoms with Gasteiger partial charge in [0.25, 0.3) is 0 Å². The number of nitrogens with zero attached hydrogens (tertiary/aromatic N) is 2. The number of hydrogen-bond acceptors (Lipinski definition) is 2. The molecule has 3 nitrogen and oxygen atoms in total. The van der Waals surface area contributed by atoms with Gasteiger partial charge in [0.15, 0.2) is 0 Å². The molecule has 6 heteroatoms. The number of alkyl halides is 3. The largest absolute Gasteiger partial charge is 0.374 e. The van der Waals surface area contributed by atoms with Gasteiger partial charge < -0.3 is 9.80 Å². The summed E-state index contributed by atoms with van der Waals surface area (Å²) in [6, 6.07) is 8.70. The zero-order valence-corrected chi connectivity index (χ0v) is 18.9. The van der Waals surface area contributed by atoms with E-state index in [1.54, 1.807) is 0 Å². The molecule has 120 valence electrons. The van der Waals surface area contributed by atoms with Crippen molar-refractivity contribution in [3.8, 4) is 0 Å². The molecule has 22 heavy (non-hydrogen) atoms. The highest BCUT2D eigenvalue weighted by molar-refractivity contribution is 14.3. The fourth-order valence-electron chi connectivity index (χ4n) is 2.72. The molecule has 0 radical (unpaired) electrons. The van der Waals surface area contributed by atoms with Crippen LogP contribution in [-0.2, 0) is 4.23 Å². The molecular weight excluding hydrogens is 617 g/mol. The van der Waals surface area contributed by atoms with Gasteiger partial charge in [-0.1, -0.05) is 18.7 Å². The van der Waals surface area contributed by atoms with Crippen LogP contribution in [0, 0.1) is 5.92 Å². The number of amides is 1. The van der Waals surface area contributed by atoms with Crippen molar-refractivity contribution in [3.63, 3.8) is 0 Å². The molecule has 1 aliphatic rings. The highest BCUT2D eigenvalue weighted by Crippen LogP contribution is 2.46. The molecule has 1 fully saturated rings. The van der Waals surface area contributed by atoms with Crippen LogP contribution in [0.2, 0.25) is 0 Å². The van der Waals surface area contributed by atoms with Crippen molar-refractivity contribution in [1.29, 1.82) is 0 Å². The number of halogens is 3. The summed E-state index contributed by atoms with van der Waals surface area (Å²) in [5, 5.41) is 0. The summed E-state index contributed by atoms with van der Waals surface area (Å²) in [5.41, 5.74) is 2.55. The molecule has 0 bridgehead atoms. The Hall–Kier alpha value is 0.420. The van der Waals surface area contributed by atoms with Gasteiger partial charge in [-0.2, -0.15) is 0 Å². The molecule has 0 N–H and O–H groups in total. The third kappa shape index (κ3) is 4.96. The molecule has 0 spiro atoms. The van der Waals surface area contributed by atoms with Crippen LogP contribution in [0.3, 0.4) is 0 Å². The fourth-order valence-corrected chi connectivity index (χ4v) is 3.73. The van der Waals surface area contributed by atoms with Crippen LogP contribution in [0.1, 0.15) is 12.0 Å². The van der Waals surface area contributed by atoms with E-state index in [4.69, 9.17) is 0 Å². The predicted octanol–water partition coefficient (Wildman–Crippen LogP) is 4.57. The van der Waals surface area contributed by atoms with Crippen molar-refractivity contribution in [1.82, 2.24) is 4.90 Å². The van der Waals surface area contributed by atoms with E-state index in [0.29, 0.717) is 5.92 Å². The van der Waals surface area contributed by atoms with Crippen LogP contribution >= 0.6 is 67.8 Å². The van der Waals surface area contributed by atoms with Gasteiger partial charge in [-0.05, 0) is 104 Å². The maximum absolute atomic E-state index is 11.7. The summed E-state index contributed by atoms with van der Waals surface area (Å²) >= 11 is 7.34. The lowest BCUT2D eigenvalue weighted by molar-refractivity contribution is -0.125. The first-order valence-electron chi connectivity index (χ1n) is 7.11. The van der Waals surface area contributed by atoms with Gasteiger partial charge in [0.2, 0.25) is 5.91 Å². The normalized spacial score (nSPS) is 18.4. The van der Waals surface area contributed by atoms with E-state index in [-0.39, 0.29) is 5.34 Å². The van der Waals surface area contributed by atoms with Crippen molar-refractivity contribution in [2.45, 2.75) is 5.86 Å². The van der Waals surface area contributed by atoms with Crippen LogP contribution in [0.25, 0.3) is 0 Å². The topological polar surface area (TPSA) is 23.6 Å². The van der Waals surface area contributed by atoms with Crippen molar-refractivity contribution in [3.05, 3.63) is 42.5 Å². The lowest BCUT2D eigenvalue weighted by Crippen LogP contribution is -2.30. The average molecular weight is 636 g/mol. The van der Waals surface area contributed by atoms with E-state index < -0.39 is 0 Å². The zero-order valence-electron chi connectivity index (χ0n) is 12.4. The first-order valence-corrected chi connectivity index (χ1v) is 10.3. The molecule has 1 atom stereocenters. The number of benzene rings is 1. The number of likely N-dealkylation sites (tertiary alicyclic amines) is 1. The first-order chi connectivity index (χ1) is 10.3. The highest BCUT2D eigenvalue weighted by Gasteiger charge is 2.26. The van der Waals surface area contributed by atoms with E-state index >= 15 is 0 Å². The van der Waals surface area contributed by atoms with Crippen molar-refractivity contribution >= 4 is 79.4 Å². The molecule has 1 aliphatic heterocycles. The summed E-state index contributed by atoms with van der Waals surface area (Å²) in [7, 11) is 2.13. The van der Waals surface area contributed by atoms with Crippen LogP contribution in [0.4, 0.5) is 5.69 Å². The van der Waals surface area contributed by atoms with Crippen molar-refractivity contribution in [2.75, 3.05) is 31.6 Å². The maximum atomic E-state index is 11.7. The Bertz CT molecular complexity index is 557. The third-order valence-corrected chi connectivity index (χ3v) is 5.79. The first kappa shape index (κ1) is 18.8. The van der Waals surface area contributed by atoms with E-state index in [2.05, 4.69) is 111 Å². The summed E-state index contributed by atoms with van der Waals surface area (Å²) in [4.78, 5) is 15.9. The Labute approximate surface area is 173 Å². The Morgan fingerprint density at radius 2 is 2.23 bits per heavy atom. The third-order valence-electron chi connectivity index (χ3n) is 3.92. The quantitative estimate of drug-likeness (QED) is 0.269. The minimum absolute atomic E-state index is 0.0525. The smallest absolute Gasteiger partial charge is 0.245 e. The Kier molecular flexibility index (Phi) is 6.82. The minimum Gasteiger partial charge on any atom is -0.374 e. The van der Waals surface area contributed by atoms with Crippen LogP contribution < -0.4 is 4.90 Å². The maximum Gasteiger partial charge on any atom is 0.245 e. The summed E-state index contributed by atoms with van der Waals surface area (Å²) in [6.45, 7) is 6.23. The lowest BCUT2D eigenvalue weighted by atomic mass is 10.1. The van der Waals surface area contributed by atoms with E-state index in [9.17, 15) is 4.79 Å². The molecule has 1 unspecified atom stereocenters. The van der Waals surface area contributed by atoms with Gasteiger partial charge in [0.05, 0.1) is 0 Å². The molecule has 0 saturated carbocycles. The lowest BCUT2D eigenvalue weighted by Gasteiger charge is -2.25. The van der Waals surface area contributed by atoms with Crippen LogP contribution in [0.5, 0.6) is 0 Å². The van der Waals surface area contributed by atoms with Crippen molar-refractivity contribution < 1.29 is 4.79 Å². The second-order valence-electron chi connectivity index (χ2n) is 5.57. The monoisotopic (exact) mass is 636 g/mol. The van der Waals surface area contributed by atoms with Crippen LogP contribution in [-0.4, -0.2) is 37.5 Å². The summed E-state index contributed by atoms with van der Waals surface area (Å²) in [6.07, 6.45) is 2.48. The predicted molar refractivity (Wildman–Crippen MR) is 118 cm³/mol. The molecule has 1 aromatic carbocycles. The Balaban J connectivity index is 2.00. The number of hydrogen-bond donors (Lipinski definition) is 0. The van der Waals surface area contributed by atoms with Crippen molar-refractivity contribution in [2.24, 2.45) is 5.92 Å². The molecular formula is C16H19I3N2O. The zero-order chi connectivity index (χ0) is 16.3. The molecule has 1 amide bonds. The standard InChI is InChI=1S/C16H19I3N2O/c1-3-15(22)21-8-7-12(11-21)10-20(2)14-6-4-5-13(9-14)16(17,18)19/h3-6,9,12H,1,7-8,10-11H2,2H3. The van der Waals surface area contributed by atoms with Gasteiger partial charge in [0.1, 0.15) is -0.565 Å². The molecule has 1 aromatic rings. The van der Waals surface area contributed by atoms with Gasteiger partial charge >= 0.3 is 0 Å². The number of anilines is 1. The van der Waals surface area contributed by atoms with Gasteiger partial charge in [-0.15, -0.1) is 0 Å². The Morgan fingerprint density at radius 3 is 2.86 bits per heavy atom. The second-order valence-corrected chi connectivity index (χ2v) is 16.6.